The maximum atomic E-state index is 5.90. The minimum absolute atomic E-state index is 0.279. The zero-order valence-electron chi connectivity index (χ0n) is 7.99. The second-order valence-corrected chi connectivity index (χ2v) is 4.12. The van der Waals surface area contributed by atoms with Gasteiger partial charge < -0.3 is 10.6 Å². The third kappa shape index (κ3) is 2.16. The summed E-state index contributed by atoms with van der Waals surface area (Å²) in [5, 5.41) is 0.676. The summed E-state index contributed by atoms with van der Waals surface area (Å²) in [6.07, 6.45) is 3.94. The van der Waals surface area contributed by atoms with Crippen LogP contribution in [0.4, 0.5) is 5.82 Å². The molecular weight excluding hydrogens is 198 g/mol. The van der Waals surface area contributed by atoms with Crippen LogP contribution in [-0.2, 0) is 0 Å². The second kappa shape index (κ2) is 4.15. The van der Waals surface area contributed by atoms with Crippen molar-refractivity contribution in [2.24, 2.45) is 5.73 Å². The van der Waals surface area contributed by atoms with E-state index in [0.29, 0.717) is 5.02 Å². The number of nitrogens with two attached hydrogens (primary N) is 1. The highest BCUT2D eigenvalue weighted by Gasteiger charge is 2.17. The van der Waals surface area contributed by atoms with Crippen LogP contribution in [0.2, 0.25) is 5.02 Å². The van der Waals surface area contributed by atoms with Crippen molar-refractivity contribution in [2.75, 3.05) is 18.0 Å². The molecule has 0 amide bonds. The van der Waals surface area contributed by atoms with Crippen molar-refractivity contribution in [2.45, 2.75) is 18.9 Å². The van der Waals surface area contributed by atoms with Gasteiger partial charge in [0.15, 0.2) is 0 Å². The van der Waals surface area contributed by atoms with Gasteiger partial charge >= 0.3 is 0 Å². The van der Waals surface area contributed by atoms with Gasteiger partial charge in [-0.2, -0.15) is 0 Å². The average molecular weight is 212 g/mol. The first-order valence-electron chi connectivity index (χ1n) is 4.88. The van der Waals surface area contributed by atoms with Gasteiger partial charge in [0.25, 0.3) is 0 Å². The fraction of sp³-hybridized carbons (Fsp3) is 0.500. The van der Waals surface area contributed by atoms with Gasteiger partial charge in [0.1, 0.15) is 5.82 Å². The smallest absolute Gasteiger partial charge is 0.128 e. The minimum Gasteiger partial charge on any atom is -0.355 e. The molecule has 3 nitrogen and oxygen atoms in total. The van der Waals surface area contributed by atoms with Crippen molar-refractivity contribution in [1.82, 2.24) is 4.98 Å². The number of nitrogens with zero attached hydrogens (tertiary/aromatic N) is 2. The monoisotopic (exact) mass is 211 g/mol. The van der Waals surface area contributed by atoms with E-state index in [4.69, 9.17) is 17.3 Å². The first kappa shape index (κ1) is 9.74. The Kier molecular flexibility index (Phi) is 2.89. The summed E-state index contributed by atoms with van der Waals surface area (Å²) in [5.41, 5.74) is 5.90. The molecule has 0 spiro atoms. The van der Waals surface area contributed by atoms with Crippen LogP contribution in [0.25, 0.3) is 0 Å². The van der Waals surface area contributed by atoms with Gasteiger partial charge in [-0.1, -0.05) is 11.6 Å². The van der Waals surface area contributed by atoms with Crippen LogP contribution in [0.15, 0.2) is 18.3 Å². The van der Waals surface area contributed by atoms with Gasteiger partial charge in [0.05, 0.1) is 5.02 Å². The van der Waals surface area contributed by atoms with Crippen molar-refractivity contribution in [3.8, 4) is 0 Å². The fourth-order valence-corrected chi connectivity index (χ4v) is 1.88. The molecule has 1 aromatic rings. The number of aromatic nitrogens is 1. The number of hydrogen-bond donors (Lipinski definition) is 1. The Hall–Kier alpha value is -0.800. The lowest BCUT2D eigenvalue weighted by Gasteiger charge is -2.31. The van der Waals surface area contributed by atoms with Crippen molar-refractivity contribution in [3.63, 3.8) is 0 Å². The second-order valence-electron chi connectivity index (χ2n) is 3.68. The van der Waals surface area contributed by atoms with Gasteiger partial charge in [-0.15, -0.1) is 0 Å². The van der Waals surface area contributed by atoms with Crippen LogP contribution in [0.3, 0.4) is 0 Å². The first-order chi connectivity index (χ1) is 6.75. The molecule has 4 heteroatoms. The van der Waals surface area contributed by atoms with Crippen LogP contribution in [0.5, 0.6) is 0 Å². The van der Waals surface area contributed by atoms with E-state index in [1.165, 1.54) is 0 Å². The summed E-state index contributed by atoms with van der Waals surface area (Å²) < 4.78 is 0. The Morgan fingerprint density at radius 3 is 3.00 bits per heavy atom. The molecule has 1 fully saturated rings. The van der Waals surface area contributed by atoms with Crippen LogP contribution >= 0.6 is 11.6 Å². The molecule has 1 saturated heterocycles. The quantitative estimate of drug-likeness (QED) is 0.769. The summed E-state index contributed by atoms with van der Waals surface area (Å²) in [7, 11) is 0. The average Bonchev–Trinajstić information content (AvgIpc) is 2.19. The molecule has 2 heterocycles. The van der Waals surface area contributed by atoms with Gasteiger partial charge in [-0.3, -0.25) is 0 Å². The number of anilines is 1. The van der Waals surface area contributed by atoms with Crippen molar-refractivity contribution in [3.05, 3.63) is 23.4 Å². The van der Waals surface area contributed by atoms with Gasteiger partial charge in [0.2, 0.25) is 0 Å². The molecule has 2 rings (SSSR count). The molecule has 1 atom stereocenters. The maximum absolute atomic E-state index is 5.90. The number of pyridine rings is 1. The Morgan fingerprint density at radius 1 is 1.50 bits per heavy atom. The highest BCUT2D eigenvalue weighted by Crippen LogP contribution is 2.18. The van der Waals surface area contributed by atoms with Gasteiger partial charge in [-0.25, -0.2) is 4.98 Å². The highest BCUT2D eigenvalue weighted by molar-refractivity contribution is 6.30. The SMILES string of the molecule is N[C@@H]1CCCN(c2ccc(Cl)cn2)C1. The lowest BCUT2D eigenvalue weighted by molar-refractivity contribution is 0.503. The third-order valence-corrected chi connectivity index (χ3v) is 2.72. The Balaban J connectivity index is 2.10. The summed E-state index contributed by atoms with van der Waals surface area (Å²) in [4.78, 5) is 6.49. The van der Waals surface area contributed by atoms with Crippen LogP contribution in [0, 0.1) is 0 Å². The zero-order chi connectivity index (χ0) is 9.97. The van der Waals surface area contributed by atoms with E-state index in [1.54, 1.807) is 6.20 Å². The molecule has 0 saturated carbocycles. The Bertz CT molecular complexity index is 299. The number of halogens is 1. The van der Waals surface area contributed by atoms with Crippen molar-refractivity contribution >= 4 is 17.4 Å². The summed E-state index contributed by atoms with van der Waals surface area (Å²) in [6.45, 7) is 1.94. The van der Waals surface area contributed by atoms with E-state index in [0.717, 1.165) is 31.7 Å². The zero-order valence-corrected chi connectivity index (χ0v) is 8.74. The molecule has 14 heavy (non-hydrogen) atoms. The molecule has 0 radical (unpaired) electrons. The summed E-state index contributed by atoms with van der Waals surface area (Å²) in [5.74, 6) is 0.976. The minimum atomic E-state index is 0.279. The van der Waals surface area contributed by atoms with Crippen molar-refractivity contribution in [1.29, 1.82) is 0 Å². The fourth-order valence-electron chi connectivity index (χ4n) is 1.77. The largest absolute Gasteiger partial charge is 0.355 e. The first-order valence-corrected chi connectivity index (χ1v) is 5.25. The van der Waals surface area contributed by atoms with Gasteiger partial charge in [-0.05, 0) is 25.0 Å². The summed E-state index contributed by atoms with van der Waals surface area (Å²) >= 11 is 5.77. The topological polar surface area (TPSA) is 42.1 Å². The van der Waals surface area contributed by atoms with Crippen molar-refractivity contribution < 1.29 is 0 Å². The molecule has 1 aliphatic heterocycles. The highest BCUT2D eigenvalue weighted by atomic mass is 35.5. The molecule has 0 aliphatic carbocycles. The molecule has 76 valence electrons. The predicted octanol–water partition coefficient (Wildman–Crippen LogP) is 1.66. The van der Waals surface area contributed by atoms with Crippen LogP contribution in [-0.4, -0.2) is 24.1 Å². The lowest BCUT2D eigenvalue weighted by Crippen LogP contribution is -2.43. The van der Waals surface area contributed by atoms with E-state index in [-0.39, 0.29) is 6.04 Å². The molecule has 0 unspecified atom stereocenters. The molecule has 1 aromatic heterocycles. The molecule has 0 bridgehead atoms. The summed E-state index contributed by atoms with van der Waals surface area (Å²) in [6, 6.07) is 4.09. The predicted molar refractivity (Wildman–Crippen MR) is 58.7 cm³/mol. The van der Waals surface area contributed by atoms with E-state index in [2.05, 4.69) is 9.88 Å². The Morgan fingerprint density at radius 2 is 2.36 bits per heavy atom. The number of rotatable bonds is 1. The molecule has 1 aliphatic rings. The lowest BCUT2D eigenvalue weighted by atomic mass is 10.1. The number of piperidine rings is 1. The van der Waals surface area contributed by atoms with Crippen LogP contribution < -0.4 is 10.6 Å². The van der Waals surface area contributed by atoms with E-state index >= 15 is 0 Å². The van der Waals surface area contributed by atoms with E-state index in [9.17, 15) is 0 Å². The molecule has 2 N–H and O–H groups in total. The standard InChI is InChI=1S/C10H14ClN3/c11-8-3-4-10(13-6-8)14-5-1-2-9(12)7-14/h3-4,6,9H,1-2,5,7,12H2/t9-/m1/s1. The normalized spacial score (nSPS) is 22.4. The molecular formula is C10H14ClN3. The van der Waals surface area contributed by atoms with Gasteiger partial charge in [0, 0.05) is 25.3 Å². The van der Waals surface area contributed by atoms with Crippen LogP contribution in [0.1, 0.15) is 12.8 Å². The molecule has 0 aromatic carbocycles. The third-order valence-electron chi connectivity index (χ3n) is 2.49. The maximum Gasteiger partial charge on any atom is 0.128 e. The Labute approximate surface area is 88.9 Å². The van der Waals surface area contributed by atoms with E-state index < -0.39 is 0 Å². The number of hydrogen-bond acceptors (Lipinski definition) is 3. The van der Waals surface area contributed by atoms with E-state index in [1.807, 2.05) is 12.1 Å².